The van der Waals surface area contributed by atoms with Gasteiger partial charge in [-0.15, -0.1) is 0 Å². The molecule has 0 aromatic carbocycles. The van der Waals surface area contributed by atoms with E-state index in [0.717, 1.165) is 29.8 Å². The third-order valence-corrected chi connectivity index (χ3v) is 5.71. The zero-order valence-electron chi connectivity index (χ0n) is 12.9. The van der Waals surface area contributed by atoms with Gasteiger partial charge in [0, 0.05) is 25.2 Å². The number of nitrogens with one attached hydrogen (secondary N) is 1. The average molecular weight is 264 g/mol. The van der Waals surface area contributed by atoms with Gasteiger partial charge in [-0.1, -0.05) is 20.3 Å². The van der Waals surface area contributed by atoms with Crippen molar-refractivity contribution < 1.29 is 0 Å². The lowest BCUT2D eigenvalue weighted by atomic mass is 9.77. The number of nitrogens with zero attached hydrogens (tertiary/aromatic N) is 1. The Balaban J connectivity index is 1.64. The van der Waals surface area contributed by atoms with Crippen molar-refractivity contribution in [1.82, 2.24) is 10.2 Å². The maximum atomic E-state index is 3.71. The fraction of sp³-hybridized carbons (Fsp3) is 1.00. The van der Waals surface area contributed by atoms with Crippen LogP contribution in [0.1, 0.15) is 58.8 Å². The lowest BCUT2D eigenvalue weighted by molar-refractivity contribution is 0.0587. The van der Waals surface area contributed by atoms with E-state index in [1.165, 1.54) is 64.6 Å². The Kier molecular flexibility index (Phi) is 4.48. The van der Waals surface area contributed by atoms with E-state index in [-0.39, 0.29) is 0 Å². The molecule has 2 heteroatoms. The Morgan fingerprint density at radius 1 is 0.895 bits per heavy atom. The predicted molar refractivity (Wildman–Crippen MR) is 81.3 cm³/mol. The Morgan fingerprint density at radius 3 is 2.21 bits per heavy atom. The highest BCUT2D eigenvalue weighted by molar-refractivity contribution is 4.91. The molecular weight excluding hydrogens is 232 g/mol. The molecule has 3 rings (SSSR count). The lowest BCUT2D eigenvalue weighted by Gasteiger charge is -2.44. The molecule has 110 valence electrons. The molecule has 1 saturated heterocycles. The van der Waals surface area contributed by atoms with Crippen molar-refractivity contribution in [2.75, 3.05) is 19.6 Å². The van der Waals surface area contributed by atoms with Gasteiger partial charge in [-0.2, -0.15) is 0 Å². The van der Waals surface area contributed by atoms with Gasteiger partial charge in [0.15, 0.2) is 0 Å². The number of hydrogen-bond acceptors (Lipinski definition) is 2. The summed E-state index contributed by atoms with van der Waals surface area (Å²) in [5, 5.41) is 3.71. The number of rotatable bonds is 5. The summed E-state index contributed by atoms with van der Waals surface area (Å²) in [7, 11) is 0. The maximum absolute atomic E-state index is 3.71. The van der Waals surface area contributed by atoms with E-state index in [9.17, 15) is 0 Å². The van der Waals surface area contributed by atoms with E-state index in [0.29, 0.717) is 0 Å². The Labute approximate surface area is 119 Å². The largest absolute Gasteiger partial charge is 0.313 e. The Bertz CT molecular complexity index is 271. The molecule has 19 heavy (non-hydrogen) atoms. The van der Waals surface area contributed by atoms with Gasteiger partial charge in [-0.3, -0.25) is 4.90 Å². The Hall–Kier alpha value is -0.0800. The highest BCUT2D eigenvalue weighted by Crippen LogP contribution is 2.37. The average Bonchev–Trinajstić information content (AvgIpc) is 3.03. The summed E-state index contributed by atoms with van der Waals surface area (Å²) in [5.74, 6) is 2.84. The summed E-state index contributed by atoms with van der Waals surface area (Å²) in [4.78, 5) is 2.90. The van der Waals surface area contributed by atoms with Crippen LogP contribution < -0.4 is 5.32 Å². The van der Waals surface area contributed by atoms with Crippen LogP contribution in [0.4, 0.5) is 0 Å². The highest BCUT2D eigenvalue weighted by Gasteiger charge is 2.36. The molecule has 1 heterocycles. The zero-order valence-corrected chi connectivity index (χ0v) is 12.9. The molecule has 3 aliphatic rings. The second-order valence-electron chi connectivity index (χ2n) is 7.57. The first-order valence-electron chi connectivity index (χ1n) is 8.71. The molecular formula is C17H32N2. The highest BCUT2D eigenvalue weighted by atomic mass is 15.2. The van der Waals surface area contributed by atoms with Crippen LogP contribution in [0.3, 0.4) is 0 Å². The quantitative estimate of drug-likeness (QED) is 0.820. The van der Waals surface area contributed by atoms with Gasteiger partial charge in [0.1, 0.15) is 0 Å². The second kappa shape index (κ2) is 6.13. The SMILES string of the molecule is CC1CCCC(C)C1N(CC1CC1)CC1CCCN1. The van der Waals surface area contributed by atoms with Crippen LogP contribution >= 0.6 is 0 Å². The van der Waals surface area contributed by atoms with Gasteiger partial charge in [0.2, 0.25) is 0 Å². The molecule has 1 aliphatic heterocycles. The third-order valence-electron chi connectivity index (χ3n) is 5.71. The molecule has 1 N–H and O–H groups in total. The molecule has 3 atom stereocenters. The molecule has 2 aliphatic carbocycles. The van der Waals surface area contributed by atoms with Gasteiger partial charge in [-0.25, -0.2) is 0 Å². The second-order valence-corrected chi connectivity index (χ2v) is 7.57. The van der Waals surface area contributed by atoms with Crippen LogP contribution in [0.2, 0.25) is 0 Å². The first kappa shape index (κ1) is 13.9. The van der Waals surface area contributed by atoms with Crippen molar-refractivity contribution >= 4 is 0 Å². The summed E-state index contributed by atoms with van der Waals surface area (Å²) in [5.41, 5.74) is 0. The van der Waals surface area contributed by atoms with Crippen LogP contribution in [0.25, 0.3) is 0 Å². The molecule has 0 radical (unpaired) electrons. The van der Waals surface area contributed by atoms with Gasteiger partial charge >= 0.3 is 0 Å². The number of hydrogen-bond donors (Lipinski definition) is 1. The zero-order chi connectivity index (χ0) is 13.2. The van der Waals surface area contributed by atoms with E-state index >= 15 is 0 Å². The molecule has 0 amide bonds. The van der Waals surface area contributed by atoms with Crippen LogP contribution in [0, 0.1) is 17.8 Å². The van der Waals surface area contributed by atoms with Gasteiger partial charge in [0.05, 0.1) is 0 Å². The lowest BCUT2D eigenvalue weighted by Crippen LogP contribution is -2.51. The summed E-state index contributed by atoms with van der Waals surface area (Å²) in [6, 6.07) is 1.64. The summed E-state index contributed by atoms with van der Waals surface area (Å²) in [6.07, 6.45) is 10.1. The van der Waals surface area contributed by atoms with Crippen molar-refractivity contribution in [2.45, 2.75) is 70.9 Å². The first-order valence-corrected chi connectivity index (χ1v) is 8.71. The summed E-state index contributed by atoms with van der Waals surface area (Å²) < 4.78 is 0. The molecule has 3 fully saturated rings. The fourth-order valence-electron chi connectivity index (χ4n) is 4.53. The summed E-state index contributed by atoms with van der Waals surface area (Å²) in [6.45, 7) is 8.95. The normalized spacial score (nSPS) is 39.9. The molecule has 3 unspecified atom stereocenters. The van der Waals surface area contributed by atoms with Gasteiger partial charge in [-0.05, 0) is 62.8 Å². The molecule has 2 saturated carbocycles. The van der Waals surface area contributed by atoms with Crippen LogP contribution in [0.15, 0.2) is 0 Å². The van der Waals surface area contributed by atoms with Gasteiger partial charge < -0.3 is 5.32 Å². The maximum Gasteiger partial charge on any atom is 0.0195 e. The van der Waals surface area contributed by atoms with E-state index in [4.69, 9.17) is 0 Å². The van der Waals surface area contributed by atoms with E-state index < -0.39 is 0 Å². The van der Waals surface area contributed by atoms with Gasteiger partial charge in [0.25, 0.3) is 0 Å². The molecule has 0 bridgehead atoms. The van der Waals surface area contributed by atoms with E-state index in [2.05, 4.69) is 24.1 Å². The first-order chi connectivity index (χ1) is 9.24. The minimum Gasteiger partial charge on any atom is -0.313 e. The minimum atomic E-state index is 0.778. The van der Waals surface area contributed by atoms with E-state index in [1.54, 1.807) is 0 Å². The topological polar surface area (TPSA) is 15.3 Å². The van der Waals surface area contributed by atoms with Crippen LogP contribution in [-0.4, -0.2) is 36.6 Å². The van der Waals surface area contributed by atoms with E-state index in [1.807, 2.05) is 0 Å². The minimum absolute atomic E-state index is 0.778. The molecule has 0 aromatic rings. The smallest absolute Gasteiger partial charge is 0.0195 e. The Morgan fingerprint density at radius 2 is 1.63 bits per heavy atom. The van der Waals surface area contributed by atoms with Crippen molar-refractivity contribution in [2.24, 2.45) is 17.8 Å². The standard InChI is InChI=1S/C17H32N2/c1-13-5-3-6-14(2)17(13)19(11-15-8-9-15)12-16-7-4-10-18-16/h13-18H,3-12H2,1-2H3. The van der Waals surface area contributed by atoms with Crippen molar-refractivity contribution in [3.8, 4) is 0 Å². The van der Waals surface area contributed by atoms with Crippen molar-refractivity contribution in [1.29, 1.82) is 0 Å². The van der Waals surface area contributed by atoms with Crippen molar-refractivity contribution in [3.63, 3.8) is 0 Å². The molecule has 0 spiro atoms. The van der Waals surface area contributed by atoms with Crippen LogP contribution in [0.5, 0.6) is 0 Å². The predicted octanol–water partition coefficient (Wildman–Crippen LogP) is 3.28. The van der Waals surface area contributed by atoms with Crippen molar-refractivity contribution in [3.05, 3.63) is 0 Å². The van der Waals surface area contributed by atoms with Crippen LogP contribution in [-0.2, 0) is 0 Å². The molecule has 2 nitrogen and oxygen atoms in total. The summed E-state index contributed by atoms with van der Waals surface area (Å²) >= 11 is 0. The fourth-order valence-corrected chi connectivity index (χ4v) is 4.53. The molecule has 0 aromatic heterocycles. The third kappa shape index (κ3) is 3.52. The monoisotopic (exact) mass is 264 g/mol.